The molecule has 1 aromatic carbocycles. The molecule has 1 saturated carbocycles. The lowest BCUT2D eigenvalue weighted by Crippen LogP contribution is -2.37. The molecule has 2 atom stereocenters. The van der Waals surface area contributed by atoms with Crippen LogP contribution in [-0.4, -0.2) is 51.8 Å². The van der Waals surface area contributed by atoms with Crippen molar-refractivity contribution in [2.45, 2.75) is 49.5 Å². The van der Waals surface area contributed by atoms with Gasteiger partial charge in [0.05, 0.1) is 33.8 Å². The Hall–Kier alpha value is -2.90. The molecule has 1 aliphatic carbocycles. The number of aliphatic hydroxyl groups is 1. The van der Waals surface area contributed by atoms with E-state index >= 15 is 0 Å². The van der Waals surface area contributed by atoms with Gasteiger partial charge < -0.3 is 15.7 Å². The van der Waals surface area contributed by atoms with E-state index in [9.17, 15) is 23.6 Å². The number of aliphatic hydroxyl groups excluding tert-OH is 1. The molecule has 2 heterocycles. The Morgan fingerprint density at radius 3 is 2.59 bits per heavy atom. The highest BCUT2D eigenvalue weighted by Gasteiger charge is 2.31. The zero-order valence-electron chi connectivity index (χ0n) is 17.2. The van der Waals surface area contributed by atoms with E-state index in [2.05, 4.69) is 25.6 Å². The molecular weight excluding hydrogens is 456 g/mol. The van der Waals surface area contributed by atoms with Crippen molar-refractivity contribution >= 4 is 48.7 Å². The van der Waals surface area contributed by atoms with Crippen molar-refractivity contribution in [3.63, 3.8) is 0 Å². The minimum Gasteiger partial charge on any atom is -0.391 e. The van der Waals surface area contributed by atoms with Crippen LogP contribution in [0.4, 0.5) is 17.3 Å². The number of nitrogens with zero attached hydrogens (tertiary/aromatic N) is 4. The maximum atomic E-state index is 12.2. The third-order valence-electron chi connectivity index (χ3n) is 5.17. The topological polar surface area (TPSA) is 160 Å². The monoisotopic (exact) mass is 478 g/mol. The van der Waals surface area contributed by atoms with Crippen LogP contribution in [0.3, 0.4) is 0 Å². The van der Waals surface area contributed by atoms with Crippen LogP contribution < -0.4 is 10.6 Å². The van der Waals surface area contributed by atoms with Gasteiger partial charge in [0.2, 0.25) is 21.5 Å². The summed E-state index contributed by atoms with van der Waals surface area (Å²) in [7, 11) is -3.85. The summed E-state index contributed by atoms with van der Waals surface area (Å²) in [5, 5.41) is 28.0. The molecule has 11 nitrogen and oxygen atoms in total. The summed E-state index contributed by atoms with van der Waals surface area (Å²) in [6, 6.07) is 7.07. The van der Waals surface area contributed by atoms with Crippen LogP contribution in [0.25, 0.3) is 10.2 Å². The standard InChI is InChI=1S/C19H22N6O5S2/c1-32(29,30)19-23-17(20-10-15-21-12-7-3-5-9-14(12)31-15)16(25(27)28)18(24-19)22-11-6-2-4-8-13(11)26/h3,5,7,9,11,13,26H,2,4,6,8,10H2,1H3,(H2,20,22,23,24)/t11-,13-/m0/s1. The first-order valence-corrected chi connectivity index (χ1v) is 12.7. The number of thiazole rings is 1. The fourth-order valence-corrected chi connectivity index (χ4v) is 5.03. The summed E-state index contributed by atoms with van der Waals surface area (Å²) in [5.41, 5.74) is 0.327. The van der Waals surface area contributed by atoms with E-state index in [1.54, 1.807) is 0 Å². The van der Waals surface area contributed by atoms with Gasteiger partial charge in [0.15, 0.2) is 0 Å². The molecule has 0 radical (unpaired) electrons. The normalized spacial score (nSPS) is 19.1. The Balaban J connectivity index is 1.70. The number of hydrogen-bond donors (Lipinski definition) is 3. The lowest BCUT2D eigenvalue weighted by molar-refractivity contribution is -0.383. The van der Waals surface area contributed by atoms with Gasteiger partial charge in [-0.1, -0.05) is 25.0 Å². The van der Waals surface area contributed by atoms with Crippen molar-refractivity contribution in [3.05, 3.63) is 39.4 Å². The maximum absolute atomic E-state index is 12.2. The quantitative estimate of drug-likeness (QED) is 0.262. The second kappa shape index (κ2) is 8.92. The van der Waals surface area contributed by atoms with Crippen molar-refractivity contribution in [2.24, 2.45) is 0 Å². The predicted octanol–water partition coefficient (Wildman–Crippen LogP) is 2.73. The van der Waals surface area contributed by atoms with Gasteiger partial charge in [-0.15, -0.1) is 11.3 Å². The van der Waals surface area contributed by atoms with Crippen LogP contribution in [0.1, 0.15) is 30.7 Å². The number of para-hydroxylation sites is 1. The molecule has 0 spiro atoms. The van der Waals surface area contributed by atoms with E-state index in [1.807, 2.05) is 24.3 Å². The number of benzene rings is 1. The largest absolute Gasteiger partial charge is 0.391 e. The molecule has 32 heavy (non-hydrogen) atoms. The Bertz CT molecular complexity index is 1230. The second-order valence-electron chi connectivity index (χ2n) is 7.61. The molecule has 13 heteroatoms. The van der Waals surface area contributed by atoms with Crippen molar-refractivity contribution in [3.8, 4) is 0 Å². The van der Waals surface area contributed by atoms with E-state index in [-0.39, 0.29) is 18.2 Å². The predicted molar refractivity (Wildman–Crippen MR) is 121 cm³/mol. The van der Waals surface area contributed by atoms with Crippen LogP contribution in [-0.2, 0) is 16.4 Å². The van der Waals surface area contributed by atoms with Crippen molar-refractivity contribution in [1.82, 2.24) is 15.0 Å². The molecule has 3 N–H and O–H groups in total. The lowest BCUT2D eigenvalue weighted by Gasteiger charge is -2.28. The van der Waals surface area contributed by atoms with Crippen molar-refractivity contribution < 1.29 is 18.4 Å². The van der Waals surface area contributed by atoms with E-state index in [0.29, 0.717) is 17.8 Å². The second-order valence-corrected chi connectivity index (χ2v) is 10.6. The van der Waals surface area contributed by atoms with Gasteiger partial charge in [0.25, 0.3) is 5.16 Å². The highest BCUT2D eigenvalue weighted by molar-refractivity contribution is 7.90. The molecule has 0 unspecified atom stereocenters. The van der Waals surface area contributed by atoms with E-state index in [1.165, 1.54) is 11.3 Å². The zero-order chi connectivity index (χ0) is 22.9. The van der Waals surface area contributed by atoms with Crippen molar-refractivity contribution in [2.75, 3.05) is 16.9 Å². The average Bonchev–Trinajstić information content (AvgIpc) is 3.15. The Kier molecular flexibility index (Phi) is 6.22. The first kappa shape index (κ1) is 22.3. The number of nitrogens with one attached hydrogen (secondary N) is 2. The molecular formula is C19H22N6O5S2. The third-order valence-corrected chi connectivity index (χ3v) is 7.06. The molecule has 2 aromatic heterocycles. The molecule has 0 amide bonds. The summed E-state index contributed by atoms with van der Waals surface area (Å²) < 4.78 is 25.3. The first-order chi connectivity index (χ1) is 15.2. The van der Waals surface area contributed by atoms with E-state index in [4.69, 9.17) is 0 Å². The minimum absolute atomic E-state index is 0.117. The maximum Gasteiger partial charge on any atom is 0.353 e. The summed E-state index contributed by atoms with van der Waals surface area (Å²) >= 11 is 1.42. The van der Waals surface area contributed by atoms with Gasteiger partial charge >= 0.3 is 5.69 Å². The summed E-state index contributed by atoms with van der Waals surface area (Å²) in [6.07, 6.45) is 3.07. The first-order valence-electron chi connectivity index (χ1n) is 10.0. The summed E-state index contributed by atoms with van der Waals surface area (Å²) in [6.45, 7) is 0.117. The van der Waals surface area contributed by atoms with Gasteiger partial charge in [-0.05, 0) is 25.0 Å². The molecule has 1 aliphatic rings. The van der Waals surface area contributed by atoms with Crippen LogP contribution in [0, 0.1) is 10.1 Å². The van der Waals surface area contributed by atoms with Crippen molar-refractivity contribution in [1.29, 1.82) is 0 Å². The molecule has 1 fully saturated rings. The molecule has 0 saturated heterocycles. The van der Waals surface area contributed by atoms with Crippen LogP contribution in [0.2, 0.25) is 0 Å². The summed E-state index contributed by atoms with van der Waals surface area (Å²) in [5.74, 6) is -0.458. The highest BCUT2D eigenvalue weighted by atomic mass is 32.2. The van der Waals surface area contributed by atoms with E-state index in [0.717, 1.165) is 29.3 Å². The van der Waals surface area contributed by atoms with Gasteiger partial charge in [0.1, 0.15) is 5.01 Å². The minimum atomic E-state index is -3.85. The number of anilines is 2. The lowest BCUT2D eigenvalue weighted by atomic mass is 9.92. The fourth-order valence-electron chi connectivity index (χ4n) is 3.61. The van der Waals surface area contributed by atoms with Gasteiger partial charge in [-0.3, -0.25) is 10.1 Å². The van der Waals surface area contributed by atoms with Crippen LogP contribution >= 0.6 is 11.3 Å². The fraction of sp³-hybridized carbons (Fsp3) is 0.421. The Morgan fingerprint density at radius 2 is 1.91 bits per heavy atom. The number of nitro groups is 1. The molecule has 3 aromatic rings. The van der Waals surface area contributed by atoms with E-state index < -0.39 is 37.8 Å². The molecule has 0 aliphatic heterocycles. The van der Waals surface area contributed by atoms with Gasteiger partial charge in [-0.25, -0.2) is 13.4 Å². The number of rotatable bonds is 7. The number of sulfone groups is 1. The molecule has 0 bridgehead atoms. The molecule has 170 valence electrons. The smallest absolute Gasteiger partial charge is 0.353 e. The number of aromatic nitrogens is 3. The Labute approximate surface area is 188 Å². The zero-order valence-corrected chi connectivity index (χ0v) is 18.8. The Morgan fingerprint density at radius 1 is 1.19 bits per heavy atom. The van der Waals surface area contributed by atoms with Gasteiger partial charge in [-0.2, -0.15) is 9.97 Å². The number of hydrogen-bond acceptors (Lipinski definition) is 11. The SMILES string of the molecule is CS(=O)(=O)c1nc(NCc2nc3ccccc3s2)c([N+](=O)[O-])c(N[C@H]2CCCC[C@@H]2O)n1. The van der Waals surface area contributed by atoms with Crippen LogP contribution in [0.5, 0.6) is 0 Å². The summed E-state index contributed by atoms with van der Waals surface area (Å²) in [4.78, 5) is 23.6. The number of fused-ring (bicyclic) bond motifs is 1. The van der Waals surface area contributed by atoms with Crippen LogP contribution in [0.15, 0.2) is 29.4 Å². The molecule has 4 rings (SSSR count). The average molecular weight is 479 g/mol. The third kappa shape index (κ3) is 4.79. The van der Waals surface area contributed by atoms with Gasteiger partial charge in [0, 0.05) is 6.26 Å². The highest BCUT2D eigenvalue weighted by Crippen LogP contribution is 2.34.